The topological polar surface area (TPSA) is 59.8 Å². The van der Waals surface area contributed by atoms with Gasteiger partial charge in [0.1, 0.15) is 6.04 Å². The number of imidazole rings is 1. The van der Waals surface area contributed by atoms with Crippen LogP contribution in [0.5, 0.6) is 0 Å². The second-order valence-corrected chi connectivity index (χ2v) is 6.89. The van der Waals surface area contributed by atoms with E-state index < -0.39 is 0 Å². The number of aromatic nitrogens is 3. The number of fused-ring (bicyclic) bond motifs is 1. The first kappa shape index (κ1) is 15.7. The fraction of sp³-hybridized carbons (Fsp3) is 0.353. The van der Waals surface area contributed by atoms with Crippen molar-refractivity contribution in [2.45, 2.75) is 33.2 Å². The van der Waals surface area contributed by atoms with Crippen LogP contribution < -0.4 is 5.32 Å². The molecule has 0 aliphatic heterocycles. The van der Waals surface area contributed by atoms with Crippen molar-refractivity contribution < 1.29 is 4.79 Å². The van der Waals surface area contributed by atoms with Gasteiger partial charge in [0.05, 0.1) is 28.1 Å². The van der Waals surface area contributed by atoms with Gasteiger partial charge in [-0.05, 0) is 32.9 Å². The molecule has 3 aromatic rings. The van der Waals surface area contributed by atoms with Crippen LogP contribution in [0.15, 0.2) is 30.6 Å². The van der Waals surface area contributed by atoms with Crippen LogP contribution in [0.1, 0.15) is 28.5 Å². The van der Waals surface area contributed by atoms with Gasteiger partial charge in [-0.2, -0.15) is 0 Å². The lowest BCUT2D eigenvalue weighted by Crippen LogP contribution is -2.32. The molecule has 0 unspecified atom stereocenters. The Morgan fingerprint density at radius 1 is 1.35 bits per heavy atom. The smallest absolute Gasteiger partial charge is 0.242 e. The minimum absolute atomic E-state index is 0.00171. The van der Waals surface area contributed by atoms with Crippen LogP contribution in [0, 0.1) is 13.8 Å². The van der Waals surface area contributed by atoms with E-state index in [-0.39, 0.29) is 11.9 Å². The summed E-state index contributed by atoms with van der Waals surface area (Å²) in [7, 11) is 0. The molecule has 0 fully saturated rings. The highest BCUT2D eigenvalue weighted by Crippen LogP contribution is 2.18. The molecule has 1 N–H and O–H groups in total. The molecule has 3 rings (SSSR count). The van der Waals surface area contributed by atoms with Crippen LogP contribution in [-0.2, 0) is 11.2 Å². The number of amides is 1. The third-order valence-electron chi connectivity index (χ3n) is 3.99. The molecule has 23 heavy (non-hydrogen) atoms. The van der Waals surface area contributed by atoms with E-state index in [1.54, 1.807) is 17.7 Å². The summed E-state index contributed by atoms with van der Waals surface area (Å²) in [6.45, 7) is 6.57. The summed E-state index contributed by atoms with van der Waals surface area (Å²) >= 11 is 1.70. The Kier molecular flexibility index (Phi) is 4.43. The van der Waals surface area contributed by atoms with Gasteiger partial charge in [0.25, 0.3) is 0 Å². The van der Waals surface area contributed by atoms with E-state index in [0.717, 1.165) is 28.2 Å². The van der Waals surface area contributed by atoms with Gasteiger partial charge in [-0.1, -0.05) is 12.1 Å². The van der Waals surface area contributed by atoms with Gasteiger partial charge in [-0.25, -0.2) is 9.97 Å². The summed E-state index contributed by atoms with van der Waals surface area (Å²) in [5.41, 5.74) is 2.96. The van der Waals surface area contributed by atoms with E-state index >= 15 is 0 Å². The van der Waals surface area contributed by atoms with Crippen molar-refractivity contribution in [1.82, 2.24) is 19.9 Å². The number of nitrogens with one attached hydrogen (secondary N) is 1. The molecule has 1 amide bonds. The Morgan fingerprint density at radius 2 is 2.13 bits per heavy atom. The molecule has 0 radical (unpaired) electrons. The molecule has 0 aliphatic carbocycles. The second-order valence-electron chi connectivity index (χ2n) is 5.61. The molecule has 5 nitrogen and oxygen atoms in total. The summed E-state index contributed by atoms with van der Waals surface area (Å²) in [4.78, 5) is 22.4. The van der Waals surface area contributed by atoms with Gasteiger partial charge >= 0.3 is 0 Å². The lowest BCUT2D eigenvalue weighted by molar-refractivity contribution is -0.123. The first-order chi connectivity index (χ1) is 11.1. The molecular weight excluding hydrogens is 308 g/mol. The number of carbonyl (C=O) groups excluding carboxylic acids is 1. The molecule has 6 heteroatoms. The second kappa shape index (κ2) is 6.50. The van der Waals surface area contributed by atoms with Crippen molar-refractivity contribution in [3.63, 3.8) is 0 Å². The molecule has 1 aromatic carbocycles. The van der Waals surface area contributed by atoms with Crippen molar-refractivity contribution in [2.75, 3.05) is 6.54 Å². The third kappa shape index (κ3) is 3.27. The predicted octanol–water partition coefficient (Wildman–Crippen LogP) is 3.03. The summed E-state index contributed by atoms with van der Waals surface area (Å²) in [5, 5.41) is 4.06. The summed E-state index contributed by atoms with van der Waals surface area (Å²) in [6, 6.07) is 7.54. The van der Waals surface area contributed by atoms with Gasteiger partial charge in [-0.3, -0.25) is 4.79 Å². The van der Waals surface area contributed by atoms with Crippen molar-refractivity contribution in [3.05, 3.63) is 46.2 Å². The van der Waals surface area contributed by atoms with Gasteiger partial charge in [0.2, 0.25) is 5.91 Å². The third-order valence-corrected chi connectivity index (χ3v) is 5.12. The average Bonchev–Trinajstić information content (AvgIpc) is 3.10. The largest absolute Gasteiger partial charge is 0.354 e. The Balaban J connectivity index is 1.61. The number of rotatable bonds is 5. The lowest BCUT2D eigenvalue weighted by Gasteiger charge is -2.14. The molecule has 0 spiro atoms. The molecule has 120 valence electrons. The van der Waals surface area contributed by atoms with Crippen molar-refractivity contribution in [1.29, 1.82) is 0 Å². The molecule has 2 aromatic heterocycles. The molecular formula is C17H20N4OS. The molecule has 0 aliphatic rings. The van der Waals surface area contributed by atoms with Crippen LogP contribution in [-0.4, -0.2) is 27.0 Å². The molecule has 2 heterocycles. The van der Waals surface area contributed by atoms with E-state index in [2.05, 4.69) is 22.2 Å². The van der Waals surface area contributed by atoms with E-state index in [1.807, 2.05) is 42.7 Å². The number of carbonyl (C=O) groups is 1. The normalized spacial score (nSPS) is 12.5. The van der Waals surface area contributed by atoms with Gasteiger partial charge < -0.3 is 9.88 Å². The van der Waals surface area contributed by atoms with Crippen LogP contribution in [0.25, 0.3) is 11.0 Å². The van der Waals surface area contributed by atoms with Crippen molar-refractivity contribution >= 4 is 28.3 Å². The highest BCUT2D eigenvalue weighted by Gasteiger charge is 2.16. The first-order valence-corrected chi connectivity index (χ1v) is 8.50. The quantitative estimate of drug-likeness (QED) is 0.783. The van der Waals surface area contributed by atoms with Crippen LogP contribution in [0.2, 0.25) is 0 Å². The summed E-state index contributed by atoms with van der Waals surface area (Å²) < 4.78 is 1.91. The minimum atomic E-state index is -0.290. The fourth-order valence-corrected chi connectivity index (χ4v) is 3.43. The summed E-state index contributed by atoms with van der Waals surface area (Å²) in [5.74, 6) is -0.00171. The number of nitrogens with zero attached hydrogens (tertiary/aromatic N) is 3. The molecule has 0 saturated heterocycles. The molecule has 0 saturated carbocycles. The molecule has 1 atom stereocenters. The van der Waals surface area contributed by atoms with Crippen molar-refractivity contribution in [3.8, 4) is 0 Å². The zero-order valence-corrected chi connectivity index (χ0v) is 14.4. The standard InChI is InChI=1S/C17H20N4OS/c1-11-13(3)23-16(20-11)8-9-18-17(22)12(2)21-10-19-14-6-4-5-7-15(14)21/h4-7,10,12H,8-9H2,1-3H3,(H,18,22)/t12-/m1/s1. The lowest BCUT2D eigenvalue weighted by atomic mass is 10.2. The Morgan fingerprint density at radius 3 is 2.87 bits per heavy atom. The Hall–Kier alpha value is -2.21. The van der Waals surface area contributed by atoms with E-state index in [4.69, 9.17) is 0 Å². The fourth-order valence-electron chi connectivity index (χ4n) is 2.50. The zero-order valence-electron chi connectivity index (χ0n) is 13.5. The molecule has 0 bridgehead atoms. The number of hydrogen-bond acceptors (Lipinski definition) is 4. The number of hydrogen-bond donors (Lipinski definition) is 1. The SMILES string of the molecule is Cc1nc(CCNC(=O)[C@@H](C)n2cnc3ccccc32)sc1C. The highest BCUT2D eigenvalue weighted by molar-refractivity contribution is 7.11. The van der Waals surface area contributed by atoms with E-state index in [9.17, 15) is 4.79 Å². The minimum Gasteiger partial charge on any atom is -0.354 e. The van der Waals surface area contributed by atoms with Gasteiger partial charge in [-0.15, -0.1) is 11.3 Å². The zero-order chi connectivity index (χ0) is 16.4. The number of benzene rings is 1. The van der Waals surface area contributed by atoms with Crippen LogP contribution in [0.4, 0.5) is 0 Å². The van der Waals surface area contributed by atoms with Gasteiger partial charge in [0, 0.05) is 17.8 Å². The van der Waals surface area contributed by atoms with Crippen LogP contribution >= 0.6 is 11.3 Å². The van der Waals surface area contributed by atoms with E-state index in [0.29, 0.717) is 6.54 Å². The van der Waals surface area contributed by atoms with Gasteiger partial charge in [0.15, 0.2) is 0 Å². The maximum absolute atomic E-state index is 12.4. The van der Waals surface area contributed by atoms with Crippen molar-refractivity contribution in [2.24, 2.45) is 0 Å². The Bertz CT molecular complexity index is 817. The monoisotopic (exact) mass is 328 g/mol. The Labute approximate surface area is 139 Å². The van der Waals surface area contributed by atoms with Crippen LogP contribution in [0.3, 0.4) is 0 Å². The van der Waals surface area contributed by atoms with E-state index in [1.165, 1.54) is 4.88 Å². The highest BCUT2D eigenvalue weighted by atomic mass is 32.1. The number of para-hydroxylation sites is 2. The number of aryl methyl sites for hydroxylation is 2. The number of thiazole rings is 1. The maximum atomic E-state index is 12.4. The summed E-state index contributed by atoms with van der Waals surface area (Å²) in [6.07, 6.45) is 2.49. The average molecular weight is 328 g/mol. The maximum Gasteiger partial charge on any atom is 0.242 e. The first-order valence-electron chi connectivity index (χ1n) is 7.68. The predicted molar refractivity (Wildman–Crippen MR) is 92.7 cm³/mol.